The van der Waals surface area contributed by atoms with E-state index in [1.165, 1.54) is 55.5 Å². The molecular formula is C31H40Cl2N2ORu-2. The molecule has 2 aromatic rings. The van der Waals surface area contributed by atoms with Crippen LogP contribution in [-0.2, 0) is 13.5 Å². The molecule has 2 aromatic carbocycles. The summed E-state index contributed by atoms with van der Waals surface area (Å²) in [6.07, 6.45) is 10.2. The van der Waals surface area contributed by atoms with Gasteiger partial charge < -0.3 is 16.2 Å². The van der Waals surface area contributed by atoms with Gasteiger partial charge in [-0.1, -0.05) is 43.9 Å². The fourth-order valence-corrected chi connectivity index (χ4v) is 9.15. The number of nitrogens with zero attached hydrogens (tertiary/aromatic N) is 2. The largest absolute Gasteiger partial charge is 0.507 e. The fourth-order valence-electron chi connectivity index (χ4n) is 7.35. The SMILES string of the molecule is CC(C)Oc1ccccc1[CH]=[Ru]([Cl])[Cl].Cc1cccc(C)c1N1[CH-]N(C23[CH-]C4CC(CC(C4)C2)C3)CC1. The van der Waals surface area contributed by atoms with Crippen molar-refractivity contribution >= 4 is 29.7 Å². The van der Waals surface area contributed by atoms with E-state index in [4.69, 9.17) is 24.1 Å². The van der Waals surface area contributed by atoms with Gasteiger partial charge in [-0.2, -0.15) is 12.6 Å². The van der Waals surface area contributed by atoms with Crippen molar-refractivity contribution in [2.75, 3.05) is 18.0 Å². The van der Waals surface area contributed by atoms with Gasteiger partial charge in [0.05, 0.1) is 0 Å². The van der Waals surface area contributed by atoms with Crippen molar-refractivity contribution < 1.29 is 18.3 Å². The van der Waals surface area contributed by atoms with E-state index < -0.39 is 13.5 Å². The molecule has 37 heavy (non-hydrogen) atoms. The summed E-state index contributed by atoms with van der Waals surface area (Å²) in [5, 5.41) is 0. The molecule has 2 unspecified atom stereocenters. The summed E-state index contributed by atoms with van der Waals surface area (Å²) in [6, 6.07) is 14.4. The Bertz CT molecular complexity index is 1070. The molecule has 2 atom stereocenters. The number of anilines is 1. The number of hydrogen-bond acceptors (Lipinski definition) is 3. The summed E-state index contributed by atoms with van der Waals surface area (Å²) in [4.78, 5) is 5.22. The van der Waals surface area contributed by atoms with Crippen LogP contribution < -0.4 is 9.64 Å². The van der Waals surface area contributed by atoms with E-state index >= 15 is 0 Å². The Hall–Kier alpha value is -0.927. The Labute approximate surface area is 237 Å². The van der Waals surface area contributed by atoms with Gasteiger partial charge in [0.25, 0.3) is 0 Å². The van der Waals surface area contributed by atoms with Crippen molar-refractivity contribution in [3.8, 4) is 5.75 Å². The zero-order chi connectivity index (χ0) is 26.2. The van der Waals surface area contributed by atoms with Crippen molar-refractivity contribution in [1.82, 2.24) is 4.90 Å². The van der Waals surface area contributed by atoms with Crippen LogP contribution in [0.15, 0.2) is 42.5 Å². The van der Waals surface area contributed by atoms with Gasteiger partial charge in [0.15, 0.2) is 0 Å². The van der Waals surface area contributed by atoms with Crippen LogP contribution in [0.5, 0.6) is 5.75 Å². The van der Waals surface area contributed by atoms with E-state index in [1.807, 2.05) is 42.7 Å². The second-order valence-electron chi connectivity index (χ2n) is 11.6. The Balaban J connectivity index is 0.000000173. The van der Waals surface area contributed by atoms with Crippen LogP contribution >= 0.6 is 19.4 Å². The van der Waals surface area contributed by atoms with Gasteiger partial charge in [-0.15, -0.1) is 5.54 Å². The summed E-state index contributed by atoms with van der Waals surface area (Å²) >= 11 is -1.77. The number of benzene rings is 2. The molecule has 4 bridgehead atoms. The summed E-state index contributed by atoms with van der Waals surface area (Å²) in [5.74, 6) is 3.76. The standard InChI is InChI=1S/C21H28N2.C10H12O.2ClH.Ru/c1-15-4-3-5-16(2)20(15)22-6-7-23(14-22)21-11-17-8-18(12-21)10-19(9-17)13-21;1-8(2)11-10-7-5-4-6-9(10)3;;;/h3-5,11,14,17-19H,6-10,12-13H2,1-2H3;3-8H,1-2H3;2*1H;/q-2;;;;+2/p-2. The van der Waals surface area contributed by atoms with Crippen LogP contribution in [0, 0.1) is 44.7 Å². The van der Waals surface area contributed by atoms with Gasteiger partial charge in [0, 0.05) is 12.2 Å². The molecule has 0 aromatic heterocycles. The van der Waals surface area contributed by atoms with Crippen LogP contribution in [0.1, 0.15) is 62.6 Å². The van der Waals surface area contributed by atoms with E-state index in [-0.39, 0.29) is 6.10 Å². The maximum absolute atomic E-state index is 5.82. The molecule has 0 amide bonds. The van der Waals surface area contributed by atoms with E-state index in [9.17, 15) is 0 Å². The number of halogens is 2. The van der Waals surface area contributed by atoms with Crippen molar-refractivity contribution in [2.24, 2.45) is 17.8 Å². The molecule has 1 aliphatic heterocycles. The molecule has 0 spiro atoms. The smallest absolute Gasteiger partial charge is 0.0141 e. The first kappa shape index (κ1) is 27.6. The minimum atomic E-state index is -1.77. The second-order valence-corrected chi connectivity index (χ2v) is 17.4. The van der Waals surface area contributed by atoms with Crippen molar-refractivity contribution in [2.45, 2.75) is 71.4 Å². The molecule has 4 aliphatic carbocycles. The Morgan fingerprint density at radius 2 is 1.65 bits per heavy atom. The van der Waals surface area contributed by atoms with Crippen molar-refractivity contribution in [1.29, 1.82) is 0 Å². The summed E-state index contributed by atoms with van der Waals surface area (Å²) in [5.41, 5.74) is 5.61. The molecule has 1 heterocycles. The molecule has 204 valence electrons. The minimum absolute atomic E-state index is 0.163. The second kappa shape index (κ2) is 11.7. The number of aryl methyl sites for hydroxylation is 2. The molecular weight excluding hydrogens is 588 g/mol. The molecule has 1 saturated heterocycles. The van der Waals surface area contributed by atoms with E-state index in [1.54, 1.807) is 0 Å². The van der Waals surface area contributed by atoms with Crippen LogP contribution in [-0.4, -0.2) is 34.2 Å². The zero-order valence-corrected chi connectivity index (χ0v) is 25.7. The number of rotatable bonds is 5. The molecule has 6 heteroatoms. The van der Waals surface area contributed by atoms with Crippen LogP contribution in [0.3, 0.4) is 0 Å². The molecule has 4 saturated carbocycles. The summed E-state index contributed by atoms with van der Waals surface area (Å²) in [6.45, 7) is 13.3. The van der Waals surface area contributed by atoms with Gasteiger partial charge >= 0.3 is 97.8 Å². The summed E-state index contributed by atoms with van der Waals surface area (Å²) in [7, 11) is 11.6. The Morgan fingerprint density at radius 3 is 2.27 bits per heavy atom. The van der Waals surface area contributed by atoms with Crippen molar-refractivity contribution in [3.05, 3.63) is 72.2 Å². The third-order valence-corrected chi connectivity index (χ3v) is 10.2. The first-order valence-corrected chi connectivity index (χ1v) is 19.1. The Morgan fingerprint density at radius 1 is 0.973 bits per heavy atom. The first-order chi connectivity index (χ1) is 17.7. The maximum Gasteiger partial charge on any atom is 0.0141 e. The molecule has 0 radical (unpaired) electrons. The third-order valence-electron chi connectivity index (χ3n) is 8.40. The van der Waals surface area contributed by atoms with Crippen LogP contribution in [0.25, 0.3) is 0 Å². The predicted molar refractivity (Wildman–Crippen MR) is 154 cm³/mol. The van der Waals surface area contributed by atoms with Crippen LogP contribution in [0.2, 0.25) is 0 Å². The number of para-hydroxylation sites is 2. The van der Waals surface area contributed by atoms with Gasteiger partial charge in [-0.25, -0.2) is 0 Å². The molecule has 7 rings (SSSR count). The first-order valence-electron chi connectivity index (χ1n) is 13.6. The molecule has 0 N–H and O–H groups in total. The van der Waals surface area contributed by atoms with Crippen LogP contribution in [0.4, 0.5) is 5.69 Å². The number of hydrogen-bond donors (Lipinski definition) is 0. The number of ether oxygens (including phenoxy) is 1. The molecule has 5 fully saturated rings. The monoisotopic (exact) mass is 628 g/mol. The van der Waals surface area contributed by atoms with E-state index in [2.05, 4.69) is 54.9 Å². The topological polar surface area (TPSA) is 15.7 Å². The quantitative estimate of drug-likeness (QED) is 0.248. The van der Waals surface area contributed by atoms with E-state index in [0.717, 1.165) is 35.6 Å². The minimum Gasteiger partial charge on any atom is -0.507 e. The third kappa shape index (κ3) is 6.29. The maximum atomic E-state index is 5.82. The van der Waals surface area contributed by atoms with Gasteiger partial charge in [-0.3, -0.25) is 0 Å². The van der Waals surface area contributed by atoms with Gasteiger partial charge in [0.2, 0.25) is 0 Å². The average molecular weight is 629 g/mol. The normalized spacial score (nSPS) is 28.8. The average Bonchev–Trinajstić information content (AvgIpc) is 3.30. The molecule has 5 aliphatic rings. The Kier molecular flexibility index (Phi) is 8.71. The van der Waals surface area contributed by atoms with Gasteiger partial charge in [-0.05, 0) is 49.8 Å². The molecule has 3 nitrogen and oxygen atoms in total. The van der Waals surface area contributed by atoms with Gasteiger partial charge in [0.1, 0.15) is 0 Å². The fraction of sp³-hybridized carbons (Fsp3) is 0.516. The van der Waals surface area contributed by atoms with Crippen molar-refractivity contribution in [3.63, 3.8) is 0 Å². The summed E-state index contributed by atoms with van der Waals surface area (Å²) < 4.78 is 7.51. The van der Waals surface area contributed by atoms with E-state index in [0.29, 0.717) is 5.54 Å². The zero-order valence-electron chi connectivity index (χ0n) is 22.4. The predicted octanol–water partition coefficient (Wildman–Crippen LogP) is 7.88.